The summed E-state index contributed by atoms with van der Waals surface area (Å²) in [6.45, 7) is 8.70. The normalized spacial score (nSPS) is 11.8. The smallest absolute Gasteiger partial charge is 0.306 e. The van der Waals surface area contributed by atoms with Gasteiger partial charge in [-0.05, 0) is 37.1 Å². The first kappa shape index (κ1) is 17.7. The number of ether oxygens (including phenoxy) is 1. The summed E-state index contributed by atoms with van der Waals surface area (Å²) in [6.07, 6.45) is 1.06. The second-order valence-corrected chi connectivity index (χ2v) is 7.93. The van der Waals surface area contributed by atoms with Crippen molar-refractivity contribution >= 4 is 28.3 Å². The largest absolute Gasteiger partial charge is 0.466 e. The van der Waals surface area contributed by atoms with Crippen LogP contribution in [0.4, 0.5) is 0 Å². The molecule has 0 saturated heterocycles. The van der Waals surface area contributed by atoms with Crippen molar-refractivity contribution in [2.24, 2.45) is 0 Å². The van der Waals surface area contributed by atoms with Crippen LogP contribution in [0.5, 0.6) is 0 Å². The molecule has 3 aromatic rings. The Kier molecular flexibility index (Phi) is 4.95. The lowest BCUT2D eigenvalue weighted by molar-refractivity contribution is -0.143. The standard InChI is InChI=1S/C20H23NO3S/c1-5-23-18(22)9-7-13-6-8-15-14(10-13)11-16(24-15)19-21-17(12-25-19)20(2,3)4/h6,8,10-12H,5,7,9H2,1-4H3. The quantitative estimate of drug-likeness (QED) is 0.578. The number of nitrogens with zero attached hydrogens (tertiary/aromatic N) is 1. The molecule has 132 valence electrons. The number of thiazole rings is 1. The van der Waals surface area contributed by atoms with E-state index in [1.54, 1.807) is 11.3 Å². The number of fused-ring (bicyclic) bond motifs is 1. The summed E-state index contributed by atoms with van der Waals surface area (Å²) in [7, 11) is 0. The Bertz CT molecular complexity index is 886. The third kappa shape index (κ3) is 4.10. The van der Waals surface area contributed by atoms with Gasteiger partial charge in [0.1, 0.15) is 5.58 Å². The van der Waals surface area contributed by atoms with Crippen LogP contribution in [0.15, 0.2) is 34.1 Å². The fraction of sp³-hybridized carbons (Fsp3) is 0.400. The van der Waals surface area contributed by atoms with Gasteiger partial charge in [-0.1, -0.05) is 26.8 Å². The molecule has 0 N–H and O–H groups in total. The Morgan fingerprint density at radius 2 is 2.08 bits per heavy atom. The second-order valence-electron chi connectivity index (χ2n) is 7.08. The molecule has 0 amide bonds. The predicted molar refractivity (Wildman–Crippen MR) is 101 cm³/mol. The first-order chi connectivity index (χ1) is 11.9. The van der Waals surface area contributed by atoms with Crippen molar-refractivity contribution < 1.29 is 13.9 Å². The third-order valence-corrected chi connectivity index (χ3v) is 4.84. The lowest BCUT2D eigenvalue weighted by Crippen LogP contribution is -2.11. The van der Waals surface area contributed by atoms with Gasteiger partial charge in [0.2, 0.25) is 0 Å². The number of benzene rings is 1. The first-order valence-electron chi connectivity index (χ1n) is 8.51. The van der Waals surface area contributed by atoms with E-state index in [4.69, 9.17) is 14.1 Å². The fourth-order valence-corrected chi connectivity index (χ4v) is 3.56. The Labute approximate surface area is 151 Å². The minimum atomic E-state index is -0.159. The van der Waals surface area contributed by atoms with Crippen LogP contribution in [0.3, 0.4) is 0 Å². The lowest BCUT2D eigenvalue weighted by atomic mass is 9.93. The average molecular weight is 357 g/mol. The number of esters is 1. The van der Waals surface area contributed by atoms with Crippen LogP contribution in [0.25, 0.3) is 21.7 Å². The van der Waals surface area contributed by atoms with Crippen LogP contribution in [-0.2, 0) is 21.4 Å². The van der Waals surface area contributed by atoms with Gasteiger partial charge in [-0.2, -0.15) is 0 Å². The maximum absolute atomic E-state index is 11.5. The molecule has 0 bridgehead atoms. The van der Waals surface area contributed by atoms with Gasteiger partial charge in [0.05, 0.1) is 12.3 Å². The number of aryl methyl sites for hydroxylation is 1. The number of hydrogen-bond acceptors (Lipinski definition) is 5. The van der Waals surface area contributed by atoms with E-state index in [-0.39, 0.29) is 11.4 Å². The van der Waals surface area contributed by atoms with Gasteiger partial charge >= 0.3 is 5.97 Å². The van der Waals surface area contributed by atoms with Crippen molar-refractivity contribution in [1.29, 1.82) is 0 Å². The zero-order valence-electron chi connectivity index (χ0n) is 15.1. The molecule has 0 atom stereocenters. The fourth-order valence-electron chi connectivity index (χ4n) is 2.56. The maximum atomic E-state index is 11.5. The zero-order valence-corrected chi connectivity index (χ0v) is 15.9. The van der Waals surface area contributed by atoms with E-state index in [1.165, 1.54) is 0 Å². The topological polar surface area (TPSA) is 52.3 Å². The molecular formula is C20H23NO3S. The third-order valence-electron chi connectivity index (χ3n) is 3.99. The molecule has 5 heteroatoms. The number of rotatable bonds is 5. The summed E-state index contributed by atoms with van der Waals surface area (Å²) in [4.78, 5) is 16.2. The molecule has 0 aliphatic heterocycles. The van der Waals surface area contributed by atoms with Crippen LogP contribution >= 0.6 is 11.3 Å². The number of carbonyl (C=O) groups is 1. The molecule has 0 fully saturated rings. The summed E-state index contributed by atoms with van der Waals surface area (Å²) in [6, 6.07) is 8.04. The summed E-state index contributed by atoms with van der Waals surface area (Å²) in [5.41, 5.74) is 3.04. The monoisotopic (exact) mass is 357 g/mol. The van der Waals surface area contributed by atoms with Gasteiger partial charge in [0.15, 0.2) is 10.8 Å². The zero-order chi connectivity index (χ0) is 18.0. The van der Waals surface area contributed by atoms with E-state index in [0.717, 1.165) is 33.0 Å². The highest BCUT2D eigenvalue weighted by molar-refractivity contribution is 7.13. The highest BCUT2D eigenvalue weighted by atomic mass is 32.1. The van der Waals surface area contributed by atoms with Crippen LogP contribution in [0.2, 0.25) is 0 Å². The van der Waals surface area contributed by atoms with E-state index >= 15 is 0 Å². The number of carbonyl (C=O) groups excluding carboxylic acids is 1. The van der Waals surface area contributed by atoms with Gasteiger partial charge in [0, 0.05) is 22.6 Å². The van der Waals surface area contributed by atoms with Crippen molar-refractivity contribution in [3.05, 3.63) is 40.9 Å². The van der Waals surface area contributed by atoms with Gasteiger partial charge in [0.25, 0.3) is 0 Å². The van der Waals surface area contributed by atoms with Crippen LogP contribution in [0.1, 0.15) is 45.4 Å². The highest BCUT2D eigenvalue weighted by Gasteiger charge is 2.19. The Morgan fingerprint density at radius 1 is 1.28 bits per heavy atom. The Hall–Kier alpha value is -2.14. The van der Waals surface area contributed by atoms with E-state index < -0.39 is 0 Å². The van der Waals surface area contributed by atoms with Crippen LogP contribution < -0.4 is 0 Å². The minimum Gasteiger partial charge on any atom is -0.466 e. The summed E-state index contributed by atoms with van der Waals surface area (Å²) in [5.74, 6) is 0.631. The molecule has 2 heterocycles. The van der Waals surface area contributed by atoms with Gasteiger partial charge in [-0.15, -0.1) is 11.3 Å². The molecule has 0 radical (unpaired) electrons. The number of aromatic nitrogens is 1. The molecule has 4 nitrogen and oxygen atoms in total. The summed E-state index contributed by atoms with van der Waals surface area (Å²) in [5, 5.41) is 4.02. The molecule has 2 aromatic heterocycles. The molecule has 3 rings (SSSR count). The minimum absolute atomic E-state index is 0.0288. The lowest BCUT2D eigenvalue weighted by Gasteiger charge is -2.13. The van der Waals surface area contributed by atoms with Crippen molar-refractivity contribution in [2.45, 2.75) is 46.0 Å². The van der Waals surface area contributed by atoms with Gasteiger partial charge < -0.3 is 9.15 Å². The Morgan fingerprint density at radius 3 is 2.76 bits per heavy atom. The molecular weight excluding hydrogens is 334 g/mol. The van der Waals surface area contributed by atoms with Gasteiger partial charge in [-0.25, -0.2) is 4.98 Å². The van der Waals surface area contributed by atoms with E-state index in [2.05, 4.69) is 32.2 Å². The van der Waals surface area contributed by atoms with E-state index in [0.29, 0.717) is 19.4 Å². The van der Waals surface area contributed by atoms with Crippen molar-refractivity contribution in [2.75, 3.05) is 6.61 Å². The van der Waals surface area contributed by atoms with Crippen molar-refractivity contribution in [1.82, 2.24) is 4.98 Å². The molecule has 0 spiro atoms. The van der Waals surface area contributed by atoms with Crippen LogP contribution in [-0.4, -0.2) is 17.6 Å². The van der Waals surface area contributed by atoms with E-state index in [9.17, 15) is 4.79 Å². The van der Waals surface area contributed by atoms with E-state index in [1.807, 2.05) is 25.1 Å². The molecule has 0 aliphatic carbocycles. The van der Waals surface area contributed by atoms with Crippen molar-refractivity contribution in [3.8, 4) is 10.8 Å². The summed E-state index contributed by atoms with van der Waals surface area (Å²) < 4.78 is 10.9. The first-order valence-corrected chi connectivity index (χ1v) is 9.39. The summed E-state index contributed by atoms with van der Waals surface area (Å²) >= 11 is 1.60. The molecule has 25 heavy (non-hydrogen) atoms. The Balaban J connectivity index is 1.80. The average Bonchev–Trinajstić information content (AvgIpc) is 3.18. The number of hydrogen-bond donors (Lipinski definition) is 0. The number of furan rings is 1. The maximum Gasteiger partial charge on any atom is 0.306 e. The second kappa shape index (κ2) is 7.00. The SMILES string of the molecule is CCOC(=O)CCc1ccc2oc(-c3nc(C(C)(C)C)cs3)cc2c1. The van der Waals surface area contributed by atoms with Crippen LogP contribution in [0, 0.1) is 0 Å². The molecule has 0 unspecified atom stereocenters. The predicted octanol–water partition coefficient (Wildman–Crippen LogP) is 5.35. The van der Waals surface area contributed by atoms with Gasteiger partial charge in [-0.3, -0.25) is 4.79 Å². The van der Waals surface area contributed by atoms with Crippen molar-refractivity contribution in [3.63, 3.8) is 0 Å². The highest BCUT2D eigenvalue weighted by Crippen LogP contribution is 2.33. The molecule has 0 saturated carbocycles. The molecule has 0 aliphatic rings. The molecule has 1 aromatic carbocycles.